The number of carbonyl (C=O) groups excluding carboxylic acids is 2. The Balaban J connectivity index is 1.36. The van der Waals surface area contributed by atoms with Crippen molar-refractivity contribution in [3.8, 4) is 0 Å². The first-order chi connectivity index (χ1) is 14.5. The summed E-state index contributed by atoms with van der Waals surface area (Å²) in [5, 5.41) is 11.4. The van der Waals surface area contributed by atoms with Crippen molar-refractivity contribution >= 4 is 23.7 Å². The molecule has 0 aromatic carbocycles. The van der Waals surface area contributed by atoms with Gasteiger partial charge in [-0.05, 0) is 68.2 Å². The van der Waals surface area contributed by atoms with Gasteiger partial charge in [0.2, 0.25) is 0 Å². The lowest BCUT2D eigenvalue weighted by atomic mass is 9.81. The summed E-state index contributed by atoms with van der Waals surface area (Å²) in [6.45, 7) is 5.14. The third kappa shape index (κ3) is 7.02. The lowest BCUT2D eigenvalue weighted by molar-refractivity contribution is 0.230. The van der Waals surface area contributed by atoms with E-state index in [1.165, 1.54) is 0 Å². The quantitative estimate of drug-likeness (QED) is 0.580. The first-order valence-electron chi connectivity index (χ1n) is 10.4. The summed E-state index contributed by atoms with van der Waals surface area (Å²) >= 11 is 0. The van der Waals surface area contributed by atoms with Crippen molar-refractivity contribution in [2.24, 2.45) is 11.8 Å². The molecule has 2 aromatic heterocycles. The first-order valence-corrected chi connectivity index (χ1v) is 10.4. The molecule has 30 heavy (non-hydrogen) atoms. The van der Waals surface area contributed by atoms with Gasteiger partial charge in [-0.15, -0.1) is 0 Å². The summed E-state index contributed by atoms with van der Waals surface area (Å²) in [4.78, 5) is 32.6. The maximum atomic E-state index is 12.1. The molecule has 0 radical (unpaired) electrons. The number of rotatable bonds is 6. The van der Waals surface area contributed by atoms with Gasteiger partial charge in [0, 0.05) is 25.5 Å². The summed E-state index contributed by atoms with van der Waals surface area (Å²) in [6, 6.07) is 6.91. The zero-order chi connectivity index (χ0) is 21.3. The predicted octanol–water partition coefficient (Wildman–Crippen LogP) is 3.84. The fraction of sp³-hybridized carbons (Fsp3) is 0.455. The molecule has 3 rings (SSSR count). The molecule has 8 nitrogen and oxygen atoms in total. The van der Waals surface area contributed by atoms with Crippen LogP contribution in [0.15, 0.2) is 36.7 Å². The highest BCUT2D eigenvalue weighted by Gasteiger charge is 2.23. The maximum Gasteiger partial charge on any atom is 0.320 e. The van der Waals surface area contributed by atoms with E-state index in [4.69, 9.17) is 0 Å². The first kappa shape index (κ1) is 21.5. The predicted molar refractivity (Wildman–Crippen MR) is 117 cm³/mol. The summed E-state index contributed by atoms with van der Waals surface area (Å²) in [5.74, 6) is 1.89. The van der Waals surface area contributed by atoms with E-state index in [0.29, 0.717) is 36.6 Å². The molecule has 2 atom stereocenters. The van der Waals surface area contributed by atoms with Crippen molar-refractivity contribution < 1.29 is 9.59 Å². The molecule has 1 aliphatic rings. The van der Waals surface area contributed by atoms with Crippen LogP contribution in [0.2, 0.25) is 0 Å². The van der Waals surface area contributed by atoms with Crippen molar-refractivity contribution in [1.29, 1.82) is 0 Å². The van der Waals surface area contributed by atoms with Gasteiger partial charge in [-0.2, -0.15) is 0 Å². The van der Waals surface area contributed by atoms with Gasteiger partial charge in [0.1, 0.15) is 11.6 Å². The number of amides is 4. The Kier molecular flexibility index (Phi) is 7.59. The Morgan fingerprint density at radius 3 is 1.70 bits per heavy atom. The molecule has 0 saturated heterocycles. The van der Waals surface area contributed by atoms with Crippen LogP contribution in [0.3, 0.4) is 0 Å². The van der Waals surface area contributed by atoms with Crippen LogP contribution < -0.4 is 21.3 Å². The molecule has 2 heterocycles. The summed E-state index contributed by atoms with van der Waals surface area (Å²) in [7, 11) is 0. The number of aromatic nitrogens is 2. The van der Waals surface area contributed by atoms with Crippen LogP contribution in [-0.4, -0.2) is 35.1 Å². The van der Waals surface area contributed by atoms with Crippen LogP contribution in [-0.2, 0) is 0 Å². The van der Waals surface area contributed by atoms with Crippen LogP contribution in [0, 0.1) is 25.7 Å². The van der Waals surface area contributed by atoms with E-state index in [9.17, 15) is 9.59 Å². The Morgan fingerprint density at radius 1 is 0.833 bits per heavy atom. The SMILES string of the molecule is Cc1ccc(NC(=O)NCC2CCCC(CNC(=O)Nc3ccc(C)cn3)C2)nc1. The van der Waals surface area contributed by atoms with Crippen molar-refractivity contribution in [3.05, 3.63) is 47.8 Å². The fourth-order valence-electron chi connectivity index (χ4n) is 3.65. The van der Waals surface area contributed by atoms with Gasteiger partial charge in [-0.25, -0.2) is 19.6 Å². The number of nitrogens with zero attached hydrogens (tertiary/aromatic N) is 2. The molecular formula is C22H30N6O2. The molecule has 0 aliphatic heterocycles. The molecule has 8 heteroatoms. The molecule has 4 N–H and O–H groups in total. The number of urea groups is 2. The van der Waals surface area contributed by atoms with Crippen molar-refractivity contribution in [1.82, 2.24) is 20.6 Å². The number of pyridine rings is 2. The molecular weight excluding hydrogens is 380 g/mol. The van der Waals surface area contributed by atoms with Crippen molar-refractivity contribution in [3.63, 3.8) is 0 Å². The van der Waals surface area contributed by atoms with E-state index in [-0.39, 0.29) is 12.1 Å². The molecule has 1 fully saturated rings. The highest BCUT2D eigenvalue weighted by Crippen LogP contribution is 2.28. The lowest BCUT2D eigenvalue weighted by Crippen LogP contribution is -2.38. The molecule has 1 saturated carbocycles. The molecule has 0 spiro atoms. The number of carbonyl (C=O) groups is 2. The largest absolute Gasteiger partial charge is 0.338 e. The van der Waals surface area contributed by atoms with E-state index in [0.717, 1.165) is 36.8 Å². The van der Waals surface area contributed by atoms with Gasteiger partial charge in [0.15, 0.2) is 0 Å². The summed E-state index contributed by atoms with van der Waals surface area (Å²) in [5.41, 5.74) is 2.10. The topological polar surface area (TPSA) is 108 Å². The second-order valence-corrected chi connectivity index (χ2v) is 8.01. The Labute approximate surface area is 177 Å². The molecule has 1 aliphatic carbocycles. The monoisotopic (exact) mass is 410 g/mol. The minimum absolute atomic E-state index is 0.239. The summed E-state index contributed by atoms with van der Waals surface area (Å²) < 4.78 is 0. The number of hydrogen-bond donors (Lipinski definition) is 4. The van der Waals surface area contributed by atoms with Gasteiger partial charge in [-0.3, -0.25) is 10.6 Å². The normalized spacial score (nSPS) is 18.3. The second-order valence-electron chi connectivity index (χ2n) is 8.01. The van der Waals surface area contributed by atoms with Gasteiger partial charge in [-0.1, -0.05) is 18.6 Å². The standard InChI is InChI=1S/C22H30N6O2/c1-15-6-8-19(23-11-15)27-21(29)25-13-17-4-3-5-18(10-17)14-26-22(30)28-20-9-7-16(2)12-24-20/h6-9,11-12,17-18H,3-5,10,13-14H2,1-2H3,(H2,23,25,27,29)(H2,24,26,28,30). The Hall–Kier alpha value is -3.16. The third-order valence-corrected chi connectivity index (χ3v) is 5.30. The van der Waals surface area contributed by atoms with Gasteiger partial charge >= 0.3 is 12.1 Å². The van der Waals surface area contributed by atoms with Crippen LogP contribution in [0.5, 0.6) is 0 Å². The second kappa shape index (κ2) is 10.6. The average molecular weight is 411 g/mol. The minimum atomic E-state index is -0.239. The number of anilines is 2. The Morgan fingerprint density at radius 2 is 1.30 bits per heavy atom. The fourth-order valence-corrected chi connectivity index (χ4v) is 3.65. The molecule has 0 bridgehead atoms. The van der Waals surface area contributed by atoms with E-state index in [1.54, 1.807) is 24.5 Å². The van der Waals surface area contributed by atoms with Gasteiger partial charge in [0.05, 0.1) is 0 Å². The van der Waals surface area contributed by atoms with Crippen LogP contribution >= 0.6 is 0 Å². The van der Waals surface area contributed by atoms with Gasteiger partial charge in [0.25, 0.3) is 0 Å². The number of aryl methyl sites for hydroxylation is 2. The summed E-state index contributed by atoms with van der Waals surface area (Å²) in [6.07, 6.45) is 7.68. The molecule has 2 unspecified atom stereocenters. The maximum absolute atomic E-state index is 12.1. The average Bonchev–Trinajstić information content (AvgIpc) is 2.74. The third-order valence-electron chi connectivity index (χ3n) is 5.30. The van der Waals surface area contributed by atoms with E-state index in [2.05, 4.69) is 31.2 Å². The highest BCUT2D eigenvalue weighted by molar-refractivity contribution is 5.88. The van der Waals surface area contributed by atoms with E-state index in [1.807, 2.05) is 26.0 Å². The van der Waals surface area contributed by atoms with Crippen LogP contribution in [0.25, 0.3) is 0 Å². The molecule has 160 valence electrons. The zero-order valence-corrected chi connectivity index (χ0v) is 17.6. The Bertz CT molecular complexity index is 768. The van der Waals surface area contributed by atoms with Crippen molar-refractivity contribution in [2.75, 3.05) is 23.7 Å². The molecule has 2 aromatic rings. The van der Waals surface area contributed by atoms with Crippen molar-refractivity contribution in [2.45, 2.75) is 39.5 Å². The zero-order valence-electron chi connectivity index (χ0n) is 17.6. The number of nitrogens with one attached hydrogen (secondary N) is 4. The number of hydrogen-bond acceptors (Lipinski definition) is 4. The highest BCUT2D eigenvalue weighted by atomic mass is 16.2. The van der Waals surface area contributed by atoms with Crippen LogP contribution in [0.4, 0.5) is 21.2 Å². The van der Waals surface area contributed by atoms with E-state index >= 15 is 0 Å². The lowest BCUT2D eigenvalue weighted by Gasteiger charge is -2.29. The van der Waals surface area contributed by atoms with Gasteiger partial charge < -0.3 is 10.6 Å². The minimum Gasteiger partial charge on any atom is -0.338 e. The smallest absolute Gasteiger partial charge is 0.320 e. The van der Waals surface area contributed by atoms with E-state index < -0.39 is 0 Å². The van der Waals surface area contributed by atoms with Crippen LogP contribution in [0.1, 0.15) is 36.8 Å². The molecule has 4 amide bonds.